The Balaban J connectivity index is 3.05. The van der Waals surface area contributed by atoms with Gasteiger partial charge in [0.05, 0.1) is 20.6 Å². The number of hydrogen-bond donors (Lipinski definition) is 1. The van der Waals surface area contributed by atoms with Crippen molar-refractivity contribution in [3.05, 3.63) is 23.8 Å². The fraction of sp³-hybridized carbons (Fsp3) is 0.571. The molecule has 0 aliphatic carbocycles. The summed E-state index contributed by atoms with van der Waals surface area (Å²) in [6.45, 7) is 2.42. The first-order valence-corrected chi connectivity index (χ1v) is 6.43. The molecule has 0 saturated heterocycles. The van der Waals surface area contributed by atoms with E-state index in [-0.39, 0.29) is 0 Å². The number of rotatable bonds is 7. The molecule has 0 amide bonds. The number of hydrogen-bond acceptors (Lipinski definition) is 3. The number of alkyl halides is 3. The van der Waals surface area contributed by atoms with E-state index in [1.807, 2.05) is 6.92 Å². The second kappa shape index (κ2) is 7.38. The summed E-state index contributed by atoms with van der Waals surface area (Å²) in [6.07, 6.45) is -4.42. The van der Waals surface area contributed by atoms with Crippen LogP contribution in [-0.4, -0.2) is 26.9 Å². The zero-order valence-electron chi connectivity index (χ0n) is 11.9. The van der Waals surface area contributed by atoms with E-state index in [1.165, 1.54) is 14.2 Å². The molecule has 0 bridgehead atoms. The first-order chi connectivity index (χ1) is 9.41. The molecule has 0 saturated carbocycles. The molecular formula is C14H20F3NO2. The van der Waals surface area contributed by atoms with Crippen molar-refractivity contribution in [2.24, 2.45) is 0 Å². The maximum atomic E-state index is 12.7. The van der Waals surface area contributed by atoms with Crippen molar-refractivity contribution in [3.8, 4) is 11.5 Å². The predicted molar refractivity (Wildman–Crippen MR) is 71.3 cm³/mol. The van der Waals surface area contributed by atoms with Crippen LogP contribution in [-0.2, 0) is 0 Å². The van der Waals surface area contributed by atoms with Crippen molar-refractivity contribution >= 4 is 0 Å². The highest BCUT2D eigenvalue weighted by molar-refractivity contribution is 5.42. The lowest BCUT2D eigenvalue weighted by atomic mass is 10.0. The summed E-state index contributed by atoms with van der Waals surface area (Å²) in [5, 5.41) is 2.91. The van der Waals surface area contributed by atoms with Crippen LogP contribution >= 0.6 is 0 Å². The lowest BCUT2D eigenvalue weighted by molar-refractivity contribution is -0.140. The zero-order valence-corrected chi connectivity index (χ0v) is 11.9. The minimum absolute atomic E-state index is 0.391. The fourth-order valence-electron chi connectivity index (χ4n) is 1.95. The highest BCUT2D eigenvalue weighted by Gasteiger charge is 2.33. The molecule has 0 spiro atoms. The number of halogens is 3. The third kappa shape index (κ3) is 4.92. The number of ether oxygens (including phenoxy) is 2. The van der Waals surface area contributed by atoms with Crippen LogP contribution in [0.25, 0.3) is 0 Å². The molecule has 1 aromatic rings. The number of methoxy groups -OCH3 is 2. The third-order valence-electron chi connectivity index (χ3n) is 2.89. The van der Waals surface area contributed by atoms with E-state index in [2.05, 4.69) is 5.32 Å². The standard InChI is InChI=1S/C14H20F3NO2/c1-4-7-18-12(9-14(15,16)17)11-6-5-10(19-2)8-13(11)20-3/h5-6,8,12,18H,4,7,9H2,1-3H3. The van der Waals surface area contributed by atoms with E-state index in [0.717, 1.165) is 6.42 Å². The summed E-state index contributed by atoms with van der Waals surface area (Å²) in [7, 11) is 2.93. The molecule has 1 atom stereocenters. The van der Waals surface area contributed by atoms with E-state index in [1.54, 1.807) is 18.2 Å². The van der Waals surface area contributed by atoms with Gasteiger partial charge in [0.25, 0.3) is 0 Å². The highest BCUT2D eigenvalue weighted by atomic mass is 19.4. The summed E-state index contributed by atoms with van der Waals surface area (Å²) < 4.78 is 48.3. The van der Waals surface area contributed by atoms with Gasteiger partial charge >= 0.3 is 6.18 Å². The fourth-order valence-corrected chi connectivity index (χ4v) is 1.95. The molecule has 1 unspecified atom stereocenters. The Morgan fingerprint density at radius 1 is 1.20 bits per heavy atom. The van der Waals surface area contributed by atoms with Gasteiger partial charge in [-0.05, 0) is 19.0 Å². The lowest BCUT2D eigenvalue weighted by Crippen LogP contribution is -2.27. The average molecular weight is 291 g/mol. The van der Waals surface area contributed by atoms with Gasteiger partial charge in [0.1, 0.15) is 11.5 Å². The van der Waals surface area contributed by atoms with Crippen molar-refractivity contribution < 1.29 is 22.6 Å². The zero-order chi connectivity index (χ0) is 15.2. The molecule has 0 fully saturated rings. The second-order valence-corrected chi connectivity index (χ2v) is 4.43. The van der Waals surface area contributed by atoms with Gasteiger partial charge in [-0.25, -0.2) is 0 Å². The average Bonchev–Trinajstić information content (AvgIpc) is 2.41. The maximum Gasteiger partial charge on any atom is 0.390 e. The van der Waals surface area contributed by atoms with Gasteiger partial charge in [-0.3, -0.25) is 0 Å². The Hall–Kier alpha value is -1.43. The molecule has 1 N–H and O–H groups in total. The molecule has 114 valence electrons. The largest absolute Gasteiger partial charge is 0.497 e. The molecule has 0 aliphatic heterocycles. The van der Waals surface area contributed by atoms with Crippen LogP contribution in [0.2, 0.25) is 0 Å². The van der Waals surface area contributed by atoms with Crippen LogP contribution in [0.3, 0.4) is 0 Å². The molecule has 20 heavy (non-hydrogen) atoms. The normalized spacial score (nSPS) is 13.1. The van der Waals surface area contributed by atoms with Gasteiger partial charge in [-0.1, -0.05) is 13.0 Å². The SMILES string of the molecule is CCCNC(CC(F)(F)F)c1ccc(OC)cc1OC. The van der Waals surface area contributed by atoms with Gasteiger partial charge in [-0.2, -0.15) is 13.2 Å². The highest BCUT2D eigenvalue weighted by Crippen LogP contribution is 2.35. The first-order valence-electron chi connectivity index (χ1n) is 6.43. The Morgan fingerprint density at radius 3 is 2.40 bits per heavy atom. The van der Waals surface area contributed by atoms with Gasteiger partial charge in [-0.15, -0.1) is 0 Å². The van der Waals surface area contributed by atoms with E-state index in [0.29, 0.717) is 23.6 Å². The monoisotopic (exact) mass is 291 g/mol. The number of nitrogens with one attached hydrogen (secondary N) is 1. The molecule has 0 heterocycles. The van der Waals surface area contributed by atoms with E-state index < -0.39 is 18.6 Å². The molecule has 3 nitrogen and oxygen atoms in total. The smallest absolute Gasteiger partial charge is 0.390 e. The Morgan fingerprint density at radius 2 is 1.90 bits per heavy atom. The topological polar surface area (TPSA) is 30.5 Å². The van der Waals surface area contributed by atoms with Gasteiger partial charge in [0.15, 0.2) is 0 Å². The lowest BCUT2D eigenvalue weighted by Gasteiger charge is -2.22. The summed E-state index contributed by atoms with van der Waals surface area (Å²) in [5.41, 5.74) is 0.485. The maximum absolute atomic E-state index is 12.7. The minimum atomic E-state index is -4.24. The van der Waals surface area contributed by atoms with Crippen molar-refractivity contribution in [1.82, 2.24) is 5.32 Å². The van der Waals surface area contributed by atoms with Crippen molar-refractivity contribution in [2.45, 2.75) is 32.0 Å². The van der Waals surface area contributed by atoms with Crippen LogP contribution in [0.5, 0.6) is 11.5 Å². The van der Waals surface area contributed by atoms with E-state index in [4.69, 9.17) is 9.47 Å². The molecule has 1 aromatic carbocycles. The van der Waals surface area contributed by atoms with E-state index in [9.17, 15) is 13.2 Å². The first kappa shape index (κ1) is 16.6. The molecular weight excluding hydrogens is 271 g/mol. The molecule has 1 rings (SSSR count). The van der Waals surface area contributed by atoms with Crippen LogP contribution < -0.4 is 14.8 Å². The third-order valence-corrected chi connectivity index (χ3v) is 2.89. The Kier molecular flexibility index (Phi) is 6.13. The van der Waals surface area contributed by atoms with Crippen LogP contribution in [0.4, 0.5) is 13.2 Å². The minimum Gasteiger partial charge on any atom is -0.497 e. The van der Waals surface area contributed by atoms with Crippen LogP contribution in [0.15, 0.2) is 18.2 Å². The summed E-state index contributed by atoms with van der Waals surface area (Å²) in [4.78, 5) is 0. The van der Waals surface area contributed by atoms with Gasteiger partial charge < -0.3 is 14.8 Å². The summed E-state index contributed by atoms with van der Waals surface area (Å²) in [5.74, 6) is 0.939. The Bertz CT molecular complexity index is 421. The molecule has 0 radical (unpaired) electrons. The van der Waals surface area contributed by atoms with Gasteiger partial charge in [0.2, 0.25) is 0 Å². The number of benzene rings is 1. The van der Waals surface area contributed by atoms with Crippen molar-refractivity contribution in [2.75, 3.05) is 20.8 Å². The summed E-state index contributed by atoms with van der Waals surface area (Å²) >= 11 is 0. The van der Waals surface area contributed by atoms with Gasteiger partial charge in [0, 0.05) is 17.7 Å². The summed E-state index contributed by atoms with van der Waals surface area (Å²) in [6, 6.07) is 4.01. The van der Waals surface area contributed by atoms with Crippen LogP contribution in [0, 0.1) is 0 Å². The van der Waals surface area contributed by atoms with Crippen LogP contribution in [0.1, 0.15) is 31.4 Å². The second-order valence-electron chi connectivity index (χ2n) is 4.43. The van der Waals surface area contributed by atoms with Crippen molar-refractivity contribution in [1.29, 1.82) is 0 Å². The predicted octanol–water partition coefficient (Wildman–Crippen LogP) is 3.70. The molecule has 0 aromatic heterocycles. The quantitative estimate of drug-likeness (QED) is 0.831. The van der Waals surface area contributed by atoms with E-state index >= 15 is 0 Å². The Labute approximate surface area is 117 Å². The molecule has 0 aliphatic rings. The van der Waals surface area contributed by atoms with Crippen molar-refractivity contribution in [3.63, 3.8) is 0 Å². The molecule has 6 heteroatoms.